The Balaban J connectivity index is 2.43. The summed E-state index contributed by atoms with van der Waals surface area (Å²) in [4.78, 5) is 25.3. The quantitative estimate of drug-likeness (QED) is 0.852. The molecule has 0 bridgehead atoms. The molecule has 0 spiro atoms. The monoisotopic (exact) mass is 282 g/mol. The van der Waals surface area contributed by atoms with E-state index in [0.717, 1.165) is 0 Å². The molecule has 0 saturated carbocycles. The molecule has 1 aromatic carbocycles. The zero-order chi connectivity index (χ0) is 14.0. The number of benzene rings is 1. The lowest BCUT2D eigenvalue weighted by molar-refractivity contribution is -0.117. The van der Waals surface area contributed by atoms with Gasteiger partial charge in [0.05, 0.1) is 17.8 Å². The highest BCUT2D eigenvalue weighted by Gasteiger charge is 2.32. The molecule has 1 atom stereocenters. The molecule has 1 saturated heterocycles. The topological polar surface area (TPSA) is 72.6 Å². The highest BCUT2D eigenvalue weighted by atomic mass is 35.5. The van der Waals surface area contributed by atoms with Gasteiger partial charge in [-0.2, -0.15) is 0 Å². The van der Waals surface area contributed by atoms with E-state index in [9.17, 15) is 9.59 Å². The van der Waals surface area contributed by atoms with Gasteiger partial charge in [-0.15, -0.1) is 0 Å². The molecule has 1 amide bonds. The van der Waals surface area contributed by atoms with Crippen molar-refractivity contribution in [3.8, 4) is 0 Å². The molecule has 1 fully saturated rings. The lowest BCUT2D eigenvalue weighted by Crippen LogP contribution is -2.27. The van der Waals surface area contributed by atoms with Crippen LogP contribution in [0.1, 0.15) is 16.8 Å². The number of amides is 1. The van der Waals surface area contributed by atoms with Crippen LogP contribution >= 0.6 is 11.6 Å². The molecule has 102 valence electrons. The van der Waals surface area contributed by atoms with E-state index in [1.807, 2.05) is 0 Å². The number of methoxy groups -OCH3 is 1. The average Bonchev–Trinajstić information content (AvgIpc) is 2.79. The minimum Gasteiger partial charge on any atom is -0.465 e. The minimum atomic E-state index is -0.551. The van der Waals surface area contributed by atoms with Crippen LogP contribution in [0.2, 0.25) is 5.02 Å². The van der Waals surface area contributed by atoms with Crippen molar-refractivity contribution in [1.29, 1.82) is 0 Å². The maximum absolute atomic E-state index is 12.0. The first-order valence-electron chi connectivity index (χ1n) is 5.95. The van der Waals surface area contributed by atoms with Gasteiger partial charge in [-0.1, -0.05) is 17.7 Å². The summed E-state index contributed by atoms with van der Waals surface area (Å²) in [5.41, 5.74) is 6.30. The van der Waals surface area contributed by atoms with E-state index in [4.69, 9.17) is 22.1 Å². The predicted octanol–water partition coefficient (Wildman–Crippen LogP) is 1.44. The Labute approximate surface area is 116 Å². The molecule has 19 heavy (non-hydrogen) atoms. The molecule has 1 aliphatic rings. The summed E-state index contributed by atoms with van der Waals surface area (Å²) >= 11 is 6.04. The van der Waals surface area contributed by atoms with Crippen LogP contribution in [0.5, 0.6) is 0 Å². The van der Waals surface area contributed by atoms with E-state index in [0.29, 0.717) is 25.2 Å². The van der Waals surface area contributed by atoms with Crippen molar-refractivity contribution in [2.45, 2.75) is 6.42 Å². The maximum Gasteiger partial charge on any atom is 0.341 e. The summed E-state index contributed by atoms with van der Waals surface area (Å²) < 4.78 is 4.72. The first-order chi connectivity index (χ1) is 9.08. The number of hydrogen-bond donors (Lipinski definition) is 1. The Bertz CT molecular complexity index is 519. The SMILES string of the molecule is COC(=O)c1c(Cl)cccc1N1CC(CN)CC1=O. The third kappa shape index (κ3) is 2.57. The van der Waals surface area contributed by atoms with E-state index in [1.165, 1.54) is 7.11 Å². The van der Waals surface area contributed by atoms with Gasteiger partial charge in [0.2, 0.25) is 5.91 Å². The van der Waals surface area contributed by atoms with Gasteiger partial charge in [-0.05, 0) is 24.6 Å². The first kappa shape index (κ1) is 13.8. The van der Waals surface area contributed by atoms with Crippen molar-refractivity contribution in [2.75, 3.05) is 25.1 Å². The van der Waals surface area contributed by atoms with Gasteiger partial charge in [0.15, 0.2) is 0 Å². The summed E-state index contributed by atoms with van der Waals surface area (Å²) in [5.74, 6) is -0.496. The highest BCUT2D eigenvalue weighted by Crippen LogP contribution is 2.32. The standard InChI is InChI=1S/C13H15ClN2O3/c1-19-13(18)12-9(14)3-2-4-10(12)16-7-8(6-15)5-11(16)17/h2-4,8H,5-7,15H2,1H3. The Hall–Kier alpha value is -1.59. The smallest absolute Gasteiger partial charge is 0.341 e. The van der Waals surface area contributed by atoms with Crippen LogP contribution in [0, 0.1) is 5.92 Å². The van der Waals surface area contributed by atoms with Crippen LogP contribution in [0.15, 0.2) is 18.2 Å². The second kappa shape index (κ2) is 5.59. The fourth-order valence-electron chi connectivity index (χ4n) is 2.21. The molecule has 5 nitrogen and oxygen atoms in total. The van der Waals surface area contributed by atoms with Crippen LogP contribution in [0.4, 0.5) is 5.69 Å². The molecule has 2 rings (SSSR count). The summed E-state index contributed by atoms with van der Waals surface area (Å²) in [6.07, 6.45) is 0.392. The van der Waals surface area contributed by atoms with Crippen molar-refractivity contribution in [3.63, 3.8) is 0 Å². The van der Waals surface area contributed by atoms with Gasteiger partial charge in [-0.25, -0.2) is 4.79 Å². The Morgan fingerprint density at radius 3 is 2.89 bits per heavy atom. The fourth-order valence-corrected chi connectivity index (χ4v) is 2.46. The number of nitrogens with zero attached hydrogens (tertiary/aromatic N) is 1. The van der Waals surface area contributed by atoms with Crippen LogP contribution in [-0.4, -0.2) is 32.1 Å². The van der Waals surface area contributed by atoms with E-state index in [1.54, 1.807) is 23.1 Å². The largest absolute Gasteiger partial charge is 0.465 e. The van der Waals surface area contributed by atoms with Crippen molar-refractivity contribution < 1.29 is 14.3 Å². The average molecular weight is 283 g/mol. The number of nitrogens with two attached hydrogens (primary N) is 1. The Kier molecular flexibility index (Phi) is 4.07. The van der Waals surface area contributed by atoms with E-state index in [2.05, 4.69) is 0 Å². The number of ether oxygens (including phenoxy) is 1. The molecule has 0 aliphatic carbocycles. The fraction of sp³-hybridized carbons (Fsp3) is 0.385. The second-order valence-corrected chi connectivity index (χ2v) is 4.84. The van der Waals surface area contributed by atoms with E-state index in [-0.39, 0.29) is 22.4 Å². The molecule has 0 radical (unpaired) electrons. The summed E-state index contributed by atoms with van der Waals surface area (Å²) in [6.45, 7) is 0.941. The number of esters is 1. The number of halogens is 1. The van der Waals surface area contributed by atoms with E-state index < -0.39 is 5.97 Å². The third-order valence-electron chi connectivity index (χ3n) is 3.21. The van der Waals surface area contributed by atoms with Crippen LogP contribution < -0.4 is 10.6 Å². The van der Waals surface area contributed by atoms with Crippen LogP contribution in [0.3, 0.4) is 0 Å². The molecule has 6 heteroatoms. The van der Waals surface area contributed by atoms with Gasteiger partial charge in [-0.3, -0.25) is 4.79 Å². The lowest BCUT2D eigenvalue weighted by Gasteiger charge is -2.20. The van der Waals surface area contributed by atoms with Gasteiger partial charge < -0.3 is 15.4 Å². The van der Waals surface area contributed by atoms with Gasteiger partial charge >= 0.3 is 5.97 Å². The molecule has 1 heterocycles. The normalized spacial score (nSPS) is 18.8. The maximum atomic E-state index is 12.0. The zero-order valence-corrected chi connectivity index (χ0v) is 11.3. The second-order valence-electron chi connectivity index (χ2n) is 4.44. The van der Waals surface area contributed by atoms with Crippen LogP contribution in [-0.2, 0) is 9.53 Å². The van der Waals surface area contributed by atoms with Gasteiger partial charge in [0.1, 0.15) is 5.56 Å². The molecule has 0 aromatic heterocycles. The number of carbonyl (C=O) groups is 2. The Morgan fingerprint density at radius 2 is 2.32 bits per heavy atom. The highest BCUT2D eigenvalue weighted by molar-refractivity contribution is 6.34. The number of rotatable bonds is 3. The number of carbonyl (C=O) groups excluding carboxylic acids is 2. The Morgan fingerprint density at radius 1 is 1.58 bits per heavy atom. The minimum absolute atomic E-state index is 0.0529. The summed E-state index contributed by atoms with van der Waals surface area (Å²) in [6, 6.07) is 4.99. The molecule has 1 aromatic rings. The van der Waals surface area contributed by atoms with E-state index >= 15 is 0 Å². The summed E-state index contributed by atoms with van der Waals surface area (Å²) in [7, 11) is 1.28. The zero-order valence-electron chi connectivity index (χ0n) is 10.6. The molecular formula is C13H15ClN2O3. The molecule has 1 unspecified atom stereocenters. The van der Waals surface area contributed by atoms with Crippen molar-refractivity contribution in [2.24, 2.45) is 11.7 Å². The number of anilines is 1. The third-order valence-corrected chi connectivity index (χ3v) is 3.53. The van der Waals surface area contributed by atoms with Crippen molar-refractivity contribution >= 4 is 29.2 Å². The van der Waals surface area contributed by atoms with Crippen LogP contribution in [0.25, 0.3) is 0 Å². The van der Waals surface area contributed by atoms with Crippen molar-refractivity contribution in [3.05, 3.63) is 28.8 Å². The number of hydrogen-bond acceptors (Lipinski definition) is 4. The first-order valence-corrected chi connectivity index (χ1v) is 6.33. The molecule has 1 aliphatic heterocycles. The van der Waals surface area contributed by atoms with Gasteiger partial charge in [0.25, 0.3) is 0 Å². The summed E-state index contributed by atoms with van der Waals surface area (Å²) in [5, 5.41) is 0.272. The molecule has 2 N–H and O–H groups in total. The van der Waals surface area contributed by atoms with Crippen molar-refractivity contribution in [1.82, 2.24) is 0 Å². The predicted molar refractivity (Wildman–Crippen MR) is 72.3 cm³/mol. The lowest BCUT2D eigenvalue weighted by atomic mass is 10.1. The van der Waals surface area contributed by atoms with Gasteiger partial charge in [0, 0.05) is 13.0 Å². The molecular weight excluding hydrogens is 268 g/mol.